The molecule has 0 radical (unpaired) electrons. The summed E-state index contributed by atoms with van der Waals surface area (Å²) >= 11 is 1.81. The van der Waals surface area contributed by atoms with Gasteiger partial charge in [-0.25, -0.2) is 0 Å². The number of likely N-dealkylation sites (tertiary alicyclic amines) is 1. The lowest BCUT2D eigenvalue weighted by molar-refractivity contribution is -0.136. The summed E-state index contributed by atoms with van der Waals surface area (Å²) in [6.45, 7) is 6.24. The molecule has 1 aromatic rings. The Bertz CT molecular complexity index is 439. The first-order valence-electron chi connectivity index (χ1n) is 7.18. The molecule has 1 amide bonds. The quantitative estimate of drug-likeness (QED) is 0.907. The summed E-state index contributed by atoms with van der Waals surface area (Å²) in [5.41, 5.74) is 1.36. The van der Waals surface area contributed by atoms with E-state index in [0.29, 0.717) is 12.1 Å². The molecule has 2 rings (SSSR count). The number of rotatable bonds is 5. The minimum atomic E-state index is 0.105. The summed E-state index contributed by atoms with van der Waals surface area (Å²) in [4.78, 5) is 15.1. The first-order valence-corrected chi connectivity index (χ1v) is 8.06. The Morgan fingerprint density at radius 2 is 2.25 bits per heavy atom. The summed E-state index contributed by atoms with van der Waals surface area (Å²) in [5, 5.41) is 5.84. The summed E-state index contributed by atoms with van der Waals surface area (Å²) < 4.78 is 4.90. The fourth-order valence-electron chi connectivity index (χ4n) is 2.77. The van der Waals surface area contributed by atoms with E-state index in [0.717, 1.165) is 25.9 Å². The number of carbonyl (C=O) groups is 1. The maximum absolute atomic E-state index is 11.7. The van der Waals surface area contributed by atoms with E-state index < -0.39 is 0 Å². The monoisotopic (exact) mass is 296 g/mol. The molecule has 1 saturated heterocycles. The van der Waals surface area contributed by atoms with Gasteiger partial charge in [0, 0.05) is 37.2 Å². The Kier molecular flexibility index (Phi) is 5.57. The minimum Gasteiger partial charge on any atom is -0.375 e. The Morgan fingerprint density at radius 1 is 1.55 bits per heavy atom. The van der Waals surface area contributed by atoms with E-state index in [4.69, 9.17) is 4.74 Å². The molecule has 0 aliphatic carbocycles. The van der Waals surface area contributed by atoms with Gasteiger partial charge in [-0.3, -0.25) is 4.79 Å². The van der Waals surface area contributed by atoms with Gasteiger partial charge in [0.05, 0.1) is 0 Å². The van der Waals surface area contributed by atoms with Gasteiger partial charge in [0.25, 0.3) is 0 Å². The van der Waals surface area contributed by atoms with Gasteiger partial charge < -0.3 is 15.0 Å². The molecule has 1 aromatic heterocycles. The van der Waals surface area contributed by atoms with E-state index in [2.05, 4.69) is 30.6 Å². The topological polar surface area (TPSA) is 41.6 Å². The molecular weight excluding hydrogens is 272 g/mol. The van der Waals surface area contributed by atoms with Gasteiger partial charge in [-0.2, -0.15) is 0 Å². The number of ether oxygens (including phenoxy) is 1. The Morgan fingerprint density at radius 3 is 2.80 bits per heavy atom. The highest BCUT2D eigenvalue weighted by Crippen LogP contribution is 2.25. The van der Waals surface area contributed by atoms with Crippen LogP contribution >= 0.6 is 11.3 Å². The van der Waals surface area contributed by atoms with Gasteiger partial charge in [-0.1, -0.05) is 0 Å². The normalized spacial score (nSPS) is 18.2. The van der Waals surface area contributed by atoms with Crippen LogP contribution in [0.5, 0.6) is 0 Å². The average Bonchev–Trinajstić information content (AvgIpc) is 2.86. The number of amides is 1. The number of hydrogen-bond acceptors (Lipinski definition) is 4. The zero-order valence-corrected chi connectivity index (χ0v) is 13.3. The number of methoxy groups -OCH3 is 1. The van der Waals surface area contributed by atoms with Gasteiger partial charge in [0.15, 0.2) is 0 Å². The molecule has 112 valence electrons. The maximum atomic E-state index is 11.7. The van der Waals surface area contributed by atoms with Crippen molar-refractivity contribution in [2.24, 2.45) is 0 Å². The Labute approximate surface area is 125 Å². The van der Waals surface area contributed by atoms with E-state index in [1.165, 1.54) is 10.4 Å². The van der Waals surface area contributed by atoms with Crippen molar-refractivity contribution >= 4 is 17.2 Å². The first kappa shape index (κ1) is 15.5. The maximum Gasteiger partial charge on any atom is 0.248 e. The molecular formula is C15H24N2O2S. The van der Waals surface area contributed by atoms with Crippen LogP contribution in [0.1, 0.15) is 36.2 Å². The van der Waals surface area contributed by atoms with E-state index in [1.807, 2.05) is 16.2 Å². The molecule has 5 heteroatoms. The summed E-state index contributed by atoms with van der Waals surface area (Å²) in [6, 6.07) is 3.06. The van der Waals surface area contributed by atoms with Crippen LogP contribution in [0.15, 0.2) is 11.4 Å². The minimum absolute atomic E-state index is 0.105. The fraction of sp³-hybridized carbons (Fsp3) is 0.667. The smallest absolute Gasteiger partial charge is 0.248 e. The first-order chi connectivity index (χ1) is 9.61. The van der Waals surface area contributed by atoms with E-state index in [-0.39, 0.29) is 12.5 Å². The number of hydrogen-bond donors (Lipinski definition) is 1. The number of nitrogens with zero attached hydrogens (tertiary/aromatic N) is 1. The molecule has 4 nitrogen and oxygen atoms in total. The van der Waals surface area contributed by atoms with Gasteiger partial charge in [-0.05, 0) is 43.7 Å². The zero-order valence-electron chi connectivity index (χ0n) is 12.5. The number of nitrogens with one attached hydrogen (secondary N) is 1. The van der Waals surface area contributed by atoms with E-state index >= 15 is 0 Å². The Hall–Kier alpha value is -0.910. The molecule has 20 heavy (non-hydrogen) atoms. The highest BCUT2D eigenvalue weighted by molar-refractivity contribution is 7.10. The second-order valence-corrected chi connectivity index (χ2v) is 6.39. The molecule has 1 aliphatic heterocycles. The van der Waals surface area contributed by atoms with Crippen molar-refractivity contribution < 1.29 is 9.53 Å². The van der Waals surface area contributed by atoms with Crippen LogP contribution in [-0.4, -0.2) is 43.7 Å². The molecule has 0 spiro atoms. The summed E-state index contributed by atoms with van der Waals surface area (Å²) in [6.07, 6.45) is 2.04. The largest absolute Gasteiger partial charge is 0.375 e. The number of thiophene rings is 1. The third-order valence-corrected chi connectivity index (χ3v) is 5.10. The van der Waals surface area contributed by atoms with Gasteiger partial charge in [0.2, 0.25) is 5.91 Å². The van der Waals surface area contributed by atoms with Crippen molar-refractivity contribution in [3.8, 4) is 0 Å². The molecule has 2 heterocycles. The standard InChI is InChI=1S/C15H24N2O2S/c1-11-6-9-20-15(11)12(2)16-13-4-7-17(8-5-13)14(18)10-19-3/h6,9,12-13,16H,4-5,7-8,10H2,1-3H3. The molecule has 0 aromatic carbocycles. The number of aryl methyl sites for hydroxylation is 1. The SMILES string of the molecule is COCC(=O)N1CCC(NC(C)c2sccc2C)CC1. The summed E-state index contributed by atoms with van der Waals surface area (Å²) in [5.74, 6) is 0.105. The molecule has 1 N–H and O–H groups in total. The van der Waals surface area contributed by atoms with Crippen LogP contribution in [0.3, 0.4) is 0 Å². The predicted molar refractivity (Wildman–Crippen MR) is 82.1 cm³/mol. The van der Waals surface area contributed by atoms with E-state index in [9.17, 15) is 4.79 Å². The van der Waals surface area contributed by atoms with Crippen molar-refractivity contribution in [2.75, 3.05) is 26.8 Å². The van der Waals surface area contributed by atoms with Crippen LogP contribution in [0, 0.1) is 6.92 Å². The second-order valence-electron chi connectivity index (χ2n) is 5.44. The highest BCUT2D eigenvalue weighted by Gasteiger charge is 2.24. The molecule has 1 fully saturated rings. The fourth-order valence-corrected chi connectivity index (χ4v) is 3.71. The van der Waals surface area contributed by atoms with Crippen LogP contribution in [-0.2, 0) is 9.53 Å². The lowest BCUT2D eigenvalue weighted by Gasteiger charge is -2.33. The third kappa shape index (κ3) is 3.81. The predicted octanol–water partition coefficient (Wildman–Crippen LogP) is 2.34. The zero-order chi connectivity index (χ0) is 14.5. The molecule has 0 bridgehead atoms. The van der Waals surface area contributed by atoms with Crippen molar-refractivity contribution in [2.45, 2.75) is 38.8 Å². The van der Waals surface area contributed by atoms with Crippen molar-refractivity contribution in [3.05, 3.63) is 21.9 Å². The highest BCUT2D eigenvalue weighted by atomic mass is 32.1. The second kappa shape index (κ2) is 7.20. The van der Waals surface area contributed by atoms with E-state index in [1.54, 1.807) is 7.11 Å². The van der Waals surface area contributed by atoms with Crippen LogP contribution in [0.25, 0.3) is 0 Å². The molecule has 0 saturated carbocycles. The number of piperidine rings is 1. The summed E-state index contributed by atoms with van der Waals surface area (Å²) in [7, 11) is 1.57. The average molecular weight is 296 g/mol. The van der Waals surface area contributed by atoms with Crippen molar-refractivity contribution in [1.29, 1.82) is 0 Å². The van der Waals surface area contributed by atoms with Crippen LogP contribution in [0.2, 0.25) is 0 Å². The molecule has 1 unspecified atom stereocenters. The van der Waals surface area contributed by atoms with Gasteiger partial charge in [-0.15, -0.1) is 11.3 Å². The van der Waals surface area contributed by atoms with Crippen molar-refractivity contribution in [1.82, 2.24) is 10.2 Å². The van der Waals surface area contributed by atoms with Crippen molar-refractivity contribution in [3.63, 3.8) is 0 Å². The lowest BCUT2D eigenvalue weighted by Crippen LogP contribution is -2.46. The van der Waals surface area contributed by atoms with Gasteiger partial charge in [0.1, 0.15) is 6.61 Å². The third-order valence-electron chi connectivity index (χ3n) is 3.90. The van der Waals surface area contributed by atoms with Crippen LogP contribution in [0.4, 0.5) is 0 Å². The molecule has 1 atom stereocenters. The number of carbonyl (C=O) groups excluding carboxylic acids is 1. The van der Waals surface area contributed by atoms with Gasteiger partial charge >= 0.3 is 0 Å². The molecule has 1 aliphatic rings. The van der Waals surface area contributed by atoms with Crippen LogP contribution < -0.4 is 5.32 Å². The Balaban J connectivity index is 1.80. The lowest BCUT2D eigenvalue weighted by atomic mass is 10.0.